The largest absolute Gasteiger partial charge is 0.481 e. The van der Waals surface area contributed by atoms with Crippen molar-refractivity contribution in [1.82, 2.24) is 30.2 Å². The van der Waals surface area contributed by atoms with Gasteiger partial charge in [-0.2, -0.15) is 4.31 Å². The van der Waals surface area contributed by atoms with E-state index in [1.165, 1.54) is 13.8 Å². The van der Waals surface area contributed by atoms with Crippen molar-refractivity contribution in [3.05, 3.63) is 12.7 Å². The average Bonchev–Trinajstić information content (AvgIpc) is 3.74. The summed E-state index contributed by atoms with van der Waals surface area (Å²) in [4.78, 5) is 99.5. The number of nitrogens with one attached hydrogen (secondary N) is 2. The Hall–Kier alpha value is -3.05. The minimum Gasteiger partial charge on any atom is -0.481 e. The van der Waals surface area contributed by atoms with Gasteiger partial charge in [-0.15, -0.1) is 0 Å². The molecule has 3 rings (SSSR count). The zero-order valence-corrected chi connectivity index (χ0v) is 37.5. The number of amides is 2. The number of nitrogens with zero attached hydrogens (tertiary/aromatic N) is 4. The van der Waals surface area contributed by atoms with Crippen molar-refractivity contribution in [2.75, 3.05) is 50.9 Å². The van der Waals surface area contributed by atoms with Crippen LogP contribution < -0.4 is 27.8 Å². The van der Waals surface area contributed by atoms with E-state index >= 15 is 0 Å². The van der Waals surface area contributed by atoms with Crippen LogP contribution in [0, 0.1) is 17.3 Å². The van der Waals surface area contributed by atoms with Crippen LogP contribution in [0.2, 0.25) is 0 Å². The van der Waals surface area contributed by atoms with Crippen LogP contribution in [0.5, 0.6) is 0 Å². The molecule has 358 valence electrons. The van der Waals surface area contributed by atoms with Crippen LogP contribution in [0.3, 0.4) is 0 Å². The van der Waals surface area contributed by atoms with Crippen molar-refractivity contribution >= 4 is 75.1 Å². The van der Waals surface area contributed by atoms with Crippen LogP contribution in [0.1, 0.15) is 52.2 Å². The number of phosphoric acid groups is 3. The second kappa shape index (κ2) is 23.9. The summed E-state index contributed by atoms with van der Waals surface area (Å²) in [6.07, 6.45) is -6.24. The number of phosphoric ester groups is 3. The Morgan fingerprint density at radius 1 is 0.984 bits per heavy atom. The van der Waals surface area contributed by atoms with E-state index in [0.29, 0.717) is 19.4 Å². The molecule has 0 radical (unpaired) electrons. The summed E-state index contributed by atoms with van der Waals surface area (Å²) in [6, 6.07) is 0. The minimum absolute atomic E-state index is 0.0182. The number of nitrogens with two attached hydrogens (primary N) is 3. The van der Waals surface area contributed by atoms with Gasteiger partial charge in [0.25, 0.3) is 0 Å². The highest BCUT2D eigenvalue weighted by Crippen LogP contribution is 2.61. The Kier molecular flexibility index (Phi) is 20.6. The van der Waals surface area contributed by atoms with Crippen molar-refractivity contribution in [2.45, 2.75) is 76.6 Å². The fourth-order valence-electron chi connectivity index (χ4n) is 6.14. The number of hydrogen-bond donors (Lipinski definition) is 12. The number of aliphatic carboxylic acids is 1. The molecule has 15 N–H and O–H groups in total. The molecule has 9 atom stereocenters. The van der Waals surface area contributed by atoms with E-state index in [2.05, 4.69) is 34.4 Å². The van der Waals surface area contributed by atoms with E-state index in [4.69, 9.17) is 36.1 Å². The lowest BCUT2D eigenvalue weighted by molar-refractivity contribution is -0.138. The number of carbonyl (C=O) groups excluding carboxylic acids is 3. The number of aliphatic hydroxyl groups excluding tert-OH is 2. The molecule has 1 saturated heterocycles. The lowest BCUT2D eigenvalue weighted by Crippen LogP contribution is -2.46. The van der Waals surface area contributed by atoms with Gasteiger partial charge in [0.2, 0.25) is 11.8 Å². The van der Waals surface area contributed by atoms with E-state index in [1.54, 1.807) is 0 Å². The molecule has 2 aromatic heterocycles. The van der Waals surface area contributed by atoms with E-state index in [-0.39, 0.29) is 78.6 Å². The third kappa shape index (κ3) is 17.4. The number of carboxylic acids is 1. The summed E-state index contributed by atoms with van der Waals surface area (Å²) in [5.41, 5.74) is 15.7. The topological polar surface area (TPSA) is 453 Å². The molecule has 3 heterocycles. The highest BCUT2D eigenvalue weighted by atomic mass is 32.2. The first kappa shape index (κ1) is 54.3. The van der Waals surface area contributed by atoms with E-state index in [1.807, 2.05) is 0 Å². The molecule has 2 aromatic rings. The summed E-state index contributed by atoms with van der Waals surface area (Å²) in [5, 5.41) is 35.2. The van der Waals surface area contributed by atoms with Crippen molar-refractivity contribution in [3.8, 4) is 0 Å². The third-order valence-electron chi connectivity index (χ3n) is 9.43. The quantitative estimate of drug-likeness (QED) is 0.0339. The second-order valence-electron chi connectivity index (χ2n) is 14.8. The number of ether oxygens (including phenoxy) is 1. The van der Waals surface area contributed by atoms with Crippen molar-refractivity contribution in [2.24, 2.45) is 28.7 Å². The summed E-state index contributed by atoms with van der Waals surface area (Å²) in [5.74, 6) is -2.69. The molecule has 0 saturated carbocycles. The molecular formula is C31H54N9O19P3S. The minimum atomic E-state index is -5.60. The number of hydrogen-bond acceptors (Lipinski definition) is 21. The lowest BCUT2D eigenvalue weighted by atomic mass is 9.84. The monoisotopic (exact) mass is 981 g/mol. The van der Waals surface area contributed by atoms with Crippen LogP contribution in [0.25, 0.3) is 11.2 Å². The lowest BCUT2D eigenvalue weighted by Gasteiger charge is -2.30. The van der Waals surface area contributed by atoms with Gasteiger partial charge in [-0.25, -0.2) is 28.6 Å². The van der Waals surface area contributed by atoms with Gasteiger partial charge in [-0.1, -0.05) is 25.6 Å². The first-order valence-electron chi connectivity index (χ1n) is 19.0. The summed E-state index contributed by atoms with van der Waals surface area (Å²) < 4.78 is 62.2. The van der Waals surface area contributed by atoms with Crippen LogP contribution in [-0.4, -0.2) is 147 Å². The fourth-order valence-corrected chi connectivity index (χ4v) is 9.73. The Bertz CT molecular complexity index is 2030. The number of anilines is 1. The van der Waals surface area contributed by atoms with Gasteiger partial charge in [0, 0.05) is 43.5 Å². The van der Waals surface area contributed by atoms with Gasteiger partial charge in [-0.05, 0) is 37.8 Å². The van der Waals surface area contributed by atoms with Gasteiger partial charge in [0.1, 0.15) is 36.3 Å². The number of carbonyl (C=O) groups is 4. The summed E-state index contributed by atoms with van der Waals surface area (Å²) in [6.45, 7) is 0.747. The number of fused-ring (bicyclic) bond motifs is 1. The third-order valence-corrected chi connectivity index (χ3v) is 13.4. The highest BCUT2D eigenvalue weighted by Gasteiger charge is 2.50. The zero-order valence-electron chi connectivity index (χ0n) is 34.0. The number of thioether (sulfide) groups is 1. The standard InChI is InChI=1S/C31H54N9O19P3S/c1-31(2,26(46)29(47)36-8-6-20(41)35-9-10-63-22(44)11-17(5-7-32)18(12-33)3-4-21(42)43)14-56-62(53,54)59-61(51,52)55-13-19-25(58-60(48,49)50)24(45)30(57-19)40-16-39-23-27(34)37-15-38-28(23)40/h15-19,24-26,30,45-46H,3-14,32-33H2,1-2H3,(H,35,41)(H,36,47)(H,42,43)(H,51,52)(H,53,54)(H2,34,37,38)(H2,48,49,50). The Balaban J connectivity index is 1.44. The molecule has 9 unspecified atom stereocenters. The van der Waals surface area contributed by atoms with Gasteiger partial charge < -0.3 is 67.5 Å². The summed E-state index contributed by atoms with van der Waals surface area (Å²) >= 11 is 0.979. The normalized spacial score (nSPS) is 21.6. The van der Waals surface area contributed by atoms with E-state index in [0.717, 1.165) is 29.0 Å². The van der Waals surface area contributed by atoms with Gasteiger partial charge in [0.15, 0.2) is 22.8 Å². The molecule has 63 heavy (non-hydrogen) atoms. The fraction of sp³-hybridized carbons (Fsp3) is 0.710. The van der Waals surface area contributed by atoms with Crippen LogP contribution >= 0.6 is 35.2 Å². The molecule has 0 bridgehead atoms. The predicted octanol–water partition coefficient (Wildman–Crippen LogP) is -1.54. The van der Waals surface area contributed by atoms with E-state index < -0.39 is 90.5 Å². The maximum absolute atomic E-state index is 12.7. The van der Waals surface area contributed by atoms with Crippen molar-refractivity contribution in [1.29, 1.82) is 0 Å². The molecule has 2 amide bonds. The maximum Gasteiger partial charge on any atom is 0.481 e. The number of aliphatic hydroxyl groups is 2. The molecule has 0 spiro atoms. The van der Waals surface area contributed by atoms with Crippen molar-refractivity contribution in [3.63, 3.8) is 0 Å². The summed E-state index contributed by atoms with van der Waals surface area (Å²) in [7, 11) is -16.5. The molecule has 1 aliphatic heterocycles. The predicted molar refractivity (Wildman–Crippen MR) is 218 cm³/mol. The molecule has 32 heteroatoms. The van der Waals surface area contributed by atoms with Crippen molar-refractivity contribution < 1.29 is 90.4 Å². The Labute approximate surface area is 363 Å². The molecule has 28 nitrogen and oxygen atoms in total. The van der Waals surface area contributed by atoms with Crippen LogP contribution in [-0.2, 0) is 55.5 Å². The molecular weight excluding hydrogens is 927 g/mol. The average molecular weight is 982 g/mol. The number of aromatic nitrogens is 4. The van der Waals surface area contributed by atoms with Gasteiger partial charge in [-0.3, -0.25) is 37.3 Å². The number of rotatable bonds is 28. The van der Waals surface area contributed by atoms with Crippen LogP contribution in [0.15, 0.2) is 12.7 Å². The Morgan fingerprint density at radius 3 is 2.30 bits per heavy atom. The second-order valence-corrected chi connectivity index (χ2v) is 20.1. The number of nitrogen functional groups attached to an aromatic ring is 1. The first-order chi connectivity index (χ1) is 29.3. The molecule has 0 aromatic carbocycles. The van der Waals surface area contributed by atoms with E-state index in [9.17, 15) is 62.7 Å². The van der Waals surface area contributed by atoms with Gasteiger partial charge in [0.05, 0.1) is 19.5 Å². The Morgan fingerprint density at radius 2 is 1.67 bits per heavy atom. The zero-order chi connectivity index (χ0) is 47.3. The smallest absolute Gasteiger partial charge is 0.481 e. The molecule has 0 aliphatic carbocycles. The number of imidazole rings is 1. The van der Waals surface area contributed by atoms with Gasteiger partial charge >= 0.3 is 29.4 Å². The number of carboxylic acid groups (broad SMARTS) is 1. The molecule has 1 aliphatic rings. The van der Waals surface area contributed by atoms with Crippen LogP contribution in [0.4, 0.5) is 5.82 Å². The SMILES string of the molecule is CC(C)(COP(=O)(O)OP(=O)(O)OCC1OC(n2cnc3c(N)ncnc32)C(O)C1OP(=O)(O)O)C(O)C(=O)NCCC(=O)NCCSC(=O)CC(CCN)C(CN)CCC(=O)O. The molecule has 1 fully saturated rings. The maximum atomic E-state index is 12.7. The highest BCUT2D eigenvalue weighted by molar-refractivity contribution is 8.13. The first-order valence-corrected chi connectivity index (χ1v) is 24.5.